The maximum absolute atomic E-state index is 3.68. The van der Waals surface area contributed by atoms with Gasteiger partial charge in [-0.1, -0.05) is 13.8 Å². The number of hydrogen-bond acceptors (Lipinski definition) is 3. The molecule has 19 heavy (non-hydrogen) atoms. The minimum atomic E-state index is 0.711. The molecule has 0 N–H and O–H groups in total. The second-order valence-electron chi connectivity index (χ2n) is 6.22. The molecule has 4 heteroatoms. The first-order valence-corrected chi connectivity index (χ1v) is 9.02. The van der Waals surface area contributed by atoms with Crippen molar-refractivity contribution in [1.29, 1.82) is 0 Å². The van der Waals surface area contributed by atoms with Crippen LogP contribution in [0.5, 0.6) is 0 Å². The zero-order chi connectivity index (χ0) is 13.4. The molecule has 2 fully saturated rings. The fraction of sp³-hybridized carbons (Fsp3) is 0.733. The first-order valence-electron chi connectivity index (χ1n) is 7.35. The number of fused-ring (bicyclic) bond motifs is 1. The Morgan fingerprint density at radius 1 is 1.42 bits per heavy atom. The number of nitrogens with zero attached hydrogens (tertiary/aromatic N) is 2. The van der Waals surface area contributed by atoms with E-state index in [2.05, 4.69) is 51.0 Å². The first-order chi connectivity index (χ1) is 9.15. The van der Waals surface area contributed by atoms with Gasteiger partial charge in [0.2, 0.25) is 0 Å². The number of hydrogen-bond donors (Lipinski definition) is 0. The zero-order valence-corrected chi connectivity index (χ0v) is 14.2. The Kier molecular flexibility index (Phi) is 4.32. The van der Waals surface area contributed by atoms with E-state index in [1.807, 2.05) is 11.3 Å². The fourth-order valence-corrected chi connectivity index (χ4v) is 5.04. The van der Waals surface area contributed by atoms with E-state index in [1.165, 1.54) is 41.8 Å². The number of halogens is 1. The lowest BCUT2D eigenvalue weighted by atomic mass is 9.97. The van der Waals surface area contributed by atoms with Crippen molar-refractivity contribution in [2.45, 2.75) is 45.3 Å². The summed E-state index contributed by atoms with van der Waals surface area (Å²) in [6.07, 6.45) is 2.79. The molecule has 0 aromatic carbocycles. The zero-order valence-electron chi connectivity index (χ0n) is 11.8. The van der Waals surface area contributed by atoms with Gasteiger partial charge in [-0.3, -0.25) is 9.80 Å². The maximum Gasteiger partial charge on any atom is 0.0343 e. The summed E-state index contributed by atoms with van der Waals surface area (Å²) in [4.78, 5) is 6.94. The number of rotatable bonds is 3. The van der Waals surface area contributed by atoms with E-state index < -0.39 is 0 Å². The molecule has 2 aliphatic heterocycles. The molecule has 3 heterocycles. The second-order valence-corrected chi connectivity index (χ2v) is 8.08. The third-order valence-corrected chi connectivity index (χ3v) is 6.55. The fourth-order valence-electron chi connectivity index (χ4n) is 3.54. The molecule has 0 aliphatic carbocycles. The minimum absolute atomic E-state index is 0.711. The molecule has 2 nitrogen and oxygen atoms in total. The van der Waals surface area contributed by atoms with Gasteiger partial charge in [0.1, 0.15) is 0 Å². The normalized spacial score (nSPS) is 29.1. The monoisotopic (exact) mass is 342 g/mol. The SMILES string of the molecule is CC(C)C1CN2CCCC2CN1Cc1sccc1Br. The van der Waals surface area contributed by atoms with E-state index in [9.17, 15) is 0 Å². The van der Waals surface area contributed by atoms with E-state index in [0.717, 1.165) is 18.5 Å². The van der Waals surface area contributed by atoms with Crippen LogP contribution in [0.1, 0.15) is 31.6 Å². The van der Waals surface area contributed by atoms with Crippen LogP contribution in [0.25, 0.3) is 0 Å². The van der Waals surface area contributed by atoms with Crippen LogP contribution in [0.2, 0.25) is 0 Å². The van der Waals surface area contributed by atoms with Crippen LogP contribution >= 0.6 is 27.3 Å². The van der Waals surface area contributed by atoms with Gasteiger partial charge in [-0.25, -0.2) is 0 Å². The molecule has 3 rings (SSSR count). The summed E-state index contributed by atoms with van der Waals surface area (Å²) in [6, 6.07) is 3.70. The van der Waals surface area contributed by atoms with Crippen molar-refractivity contribution < 1.29 is 0 Å². The average Bonchev–Trinajstić information content (AvgIpc) is 2.97. The van der Waals surface area contributed by atoms with Gasteiger partial charge in [0.15, 0.2) is 0 Å². The summed E-state index contributed by atoms with van der Waals surface area (Å²) in [5, 5.41) is 2.19. The van der Waals surface area contributed by atoms with Crippen LogP contribution in [0.4, 0.5) is 0 Å². The van der Waals surface area contributed by atoms with E-state index in [0.29, 0.717) is 6.04 Å². The molecule has 2 unspecified atom stereocenters. The standard InChI is InChI=1S/C15H23BrN2S/c1-11(2)14-9-17-6-3-4-12(17)8-18(14)10-15-13(16)5-7-19-15/h5,7,11-12,14H,3-4,6,8-10H2,1-2H3. The predicted octanol–water partition coefficient (Wildman–Crippen LogP) is 3.82. The van der Waals surface area contributed by atoms with Crippen molar-refractivity contribution in [2.75, 3.05) is 19.6 Å². The van der Waals surface area contributed by atoms with Gasteiger partial charge < -0.3 is 0 Å². The van der Waals surface area contributed by atoms with Gasteiger partial charge in [0, 0.05) is 41.1 Å². The lowest BCUT2D eigenvalue weighted by molar-refractivity contribution is 0.0244. The summed E-state index contributed by atoms with van der Waals surface area (Å²) in [5.74, 6) is 0.736. The second kappa shape index (κ2) is 5.84. The summed E-state index contributed by atoms with van der Waals surface area (Å²) in [5.41, 5.74) is 0. The van der Waals surface area contributed by atoms with Gasteiger partial charge in [-0.05, 0) is 52.7 Å². The van der Waals surface area contributed by atoms with Crippen LogP contribution in [0.3, 0.4) is 0 Å². The molecule has 0 spiro atoms. The Balaban J connectivity index is 1.75. The summed E-state index contributed by atoms with van der Waals surface area (Å²) >= 11 is 5.56. The van der Waals surface area contributed by atoms with Gasteiger partial charge in [-0.2, -0.15) is 0 Å². The van der Waals surface area contributed by atoms with Gasteiger partial charge in [0.25, 0.3) is 0 Å². The largest absolute Gasteiger partial charge is 0.298 e. The van der Waals surface area contributed by atoms with Crippen LogP contribution in [-0.2, 0) is 6.54 Å². The topological polar surface area (TPSA) is 6.48 Å². The summed E-state index contributed by atoms with van der Waals surface area (Å²) < 4.78 is 1.29. The first kappa shape index (κ1) is 14.1. The Bertz CT molecular complexity index is 432. The van der Waals surface area contributed by atoms with Crippen LogP contribution in [0.15, 0.2) is 15.9 Å². The van der Waals surface area contributed by atoms with E-state index in [1.54, 1.807) is 0 Å². The molecular formula is C15H23BrN2S. The Morgan fingerprint density at radius 2 is 2.26 bits per heavy atom. The highest BCUT2D eigenvalue weighted by Crippen LogP contribution is 2.31. The number of thiophene rings is 1. The van der Waals surface area contributed by atoms with Crippen LogP contribution in [-0.4, -0.2) is 41.5 Å². The maximum atomic E-state index is 3.68. The molecule has 2 atom stereocenters. The third-order valence-electron chi connectivity index (χ3n) is 4.64. The molecule has 106 valence electrons. The Morgan fingerprint density at radius 3 is 2.95 bits per heavy atom. The molecule has 0 saturated carbocycles. The molecule has 2 aliphatic rings. The number of piperazine rings is 1. The van der Waals surface area contributed by atoms with Crippen LogP contribution in [0, 0.1) is 5.92 Å². The molecule has 0 amide bonds. The lowest BCUT2D eigenvalue weighted by Crippen LogP contribution is -2.57. The van der Waals surface area contributed by atoms with Crippen molar-refractivity contribution >= 4 is 27.3 Å². The molecule has 0 radical (unpaired) electrons. The van der Waals surface area contributed by atoms with Gasteiger partial charge in [0.05, 0.1) is 0 Å². The Labute approximate surface area is 128 Å². The highest BCUT2D eigenvalue weighted by Gasteiger charge is 2.37. The van der Waals surface area contributed by atoms with E-state index in [-0.39, 0.29) is 0 Å². The Hall–Kier alpha value is 0.100. The molecular weight excluding hydrogens is 320 g/mol. The van der Waals surface area contributed by atoms with Crippen molar-refractivity contribution in [3.05, 3.63) is 20.8 Å². The van der Waals surface area contributed by atoms with Crippen molar-refractivity contribution in [2.24, 2.45) is 5.92 Å². The summed E-state index contributed by atoms with van der Waals surface area (Å²) in [7, 11) is 0. The van der Waals surface area contributed by atoms with E-state index in [4.69, 9.17) is 0 Å². The average molecular weight is 343 g/mol. The van der Waals surface area contributed by atoms with Gasteiger partial charge >= 0.3 is 0 Å². The van der Waals surface area contributed by atoms with Crippen LogP contribution < -0.4 is 0 Å². The van der Waals surface area contributed by atoms with Gasteiger partial charge in [-0.15, -0.1) is 11.3 Å². The highest BCUT2D eigenvalue weighted by molar-refractivity contribution is 9.10. The molecule has 0 bridgehead atoms. The van der Waals surface area contributed by atoms with E-state index >= 15 is 0 Å². The molecule has 2 saturated heterocycles. The highest BCUT2D eigenvalue weighted by atomic mass is 79.9. The third kappa shape index (κ3) is 2.92. The van der Waals surface area contributed by atoms with Crippen molar-refractivity contribution in [3.63, 3.8) is 0 Å². The summed E-state index contributed by atoms with van der Waals surface area (Å²) in [6.45, 7) is 9.71. The molecule has 1 aromatic rings. The lowest BCUT2D eigenvalue weighted by Gasteiger charge is -2.45. The van der Waals surface area contributed by atoms with Crippen molar-refractivity contribution in [3.8, 4) is 0 Å². The predicted molar refractivity (Wildman–Crippen MR) is 85.7 cm³/mol. The quantitative estimate of drug-likeness (QED) is 0.823. The van der Waals surface area contributed by atoms with Crippen molar-refractivity contribution in [1.82, 2.24) is 9.80 Å². The molecule has 1 aromatic heterocycles. The smallest absolute Gasteiger partial charge is 0.0343 e. The minimum Gasteiger partial charge on any atom is -0.298 e.